The molecule has 0 N–H and O–H groups in total. The number of aromatic nitrogens is 2. The van der Waals surface area contributed by atoms with Gasteiger partial charge in [0.2, 0.25) is 0 Å². The van der Waals surface area contributed by atoms with Gasteiger partial charge in [0.05, 0.1) is 31.9 Å². The van der Waals surface area contributed by atoms with Gasteiger partial charge in [-0.15, -0.1) is 5.10 Å². The third-order valence-electron chi connectivity index (χ3n) is 5.60. The minimum Gasteiger partial charge on any atom is -0.493 e. The van der Waals surface area contributed by atoms with Gasteiger partial charge >= 0.3 is 0 Å². The molecule has 0 spiro atoms. The summed E-state index contributed by atoms with van der Waals surface area (Å²) in [5.41, 5.74) is 0.643. The van der Waals surface area contributed by atoms with Gasteiger partial charge in [0, 0.05) is 23.9 Å². The van der Waals surface area contributed by atoms with Gasteiger partial charge in [-0.05, 0) is 30.5 Å². The molecule has 4 rings (SSSR count). The van der Waals surface area contributed by atoms with E-state index in [1.54, 1.807) is 20.4 Å². The maximum absolute atomic E-state index is 9.92. The summed E-state index contributed by atoms with van der Waals surface area (Å²) in [5, 5.41) is 20.4. The Kier molecular flexibility index (Phi) is 4.74. The van der Waals surface area contributed by atoms with Gasteiger partial charge in [-0.2, -0.15) is 10.4 Å². The van der Waals surface area contributed by atoms with Crippen LogP contribution in [0.25, 0.3) is 10.8 Å². The van der Waals surface area contributed by atoms with Gasteiger partial charge in [0.15, 0.2) is 17.3 Å². The number of fused-ring (bicyclic) bond motifs is 1. The Morgan fingerprint density at radius 1 is 1.04 bits per heavy atom. The second-order valence-corrected chi connectivity index (χ2v) is 7.01. The standard InChI is InChI=1S/C22H22N4O2/c1-27-19-12-16-14-24-25-21(18(16)13-20(19)28-2)26-10-8-22(15-23,9-11-26)17-6-4-3-5-7-17/h3-7,12-14H,8-11H2,1-2H3. The van der Waals surface area contributed by atoms with E-state index in [1.165, 1.54) is 0 Å². The Morgan fingerprint density at radius 2 is 1.71 bits per heavy atom. The number of methoxy groups -OCH3 is 2. The number of anilines is 1. The molecule has 2 aromatic carbocycles. The highest BCUT2D eigenvalue weighted by Crippen LogP contribution is 2.39. The van der Waals surface area contributed by atoms with E-state index in [9.17, 15) is 5.26 Å². The predicted molar refractivity (Wildman–Crippen MR) is 108 cm³/mol. The van der Waals surface area contributed by atoms with E-state index in [0.717, 1.165) is 48.1 Å². The maximum atomic E-state index is 9.92. The normalized spacial score (nSPS) is 15.8. The van der Waals surface area contributed by atoms with Crippen molar-refractivity contribution in [2.45, 2.75) is 18.3 Å². The Bertz CT molecular complexity index is 1020. The van der Waals surface area contributed by atoms with Crippen molar-refractivity contribution in [1.82, 2.24) is 10.2 Å². The number of benzene rings is 2. The highest BCUT2D eigenvalue weighted by Gasteiger charge is 2.37. The van der Waals surface area contributed by atoms with E-state index in [4.69, 9.17) is 9.47 Å². The summed E-state index contributed by atoms with van der Waals surface area (Å²) < 4.78 is 10.9. The van der Waals surface area contributed by atoms with Gasteiger partial charge in [-0.25, -0.2) is 0 Å². The van der Waals surface area contributed by atoms with Gasteiger partial charge in [-0.3, -0.25) is 0 Å². The topological polar surface area (TPSA) is 71.3 Å². The summed E-state index contributed by atoms with van der Waals surface area (Å²) in [7, 11) is 3.24. The molecular formula is C22H22N4O2. The number of nitrogens with zero attached hydrogens (tertiary/aromatic N) is 4. The molecule has 142 valence electrons. The molecule has 6 heteroatoms. The first-order valence-corrected chi connectivity index (χ1v) is 9.30. The van der Waals surface area contributed by atoms with Crippen LogP contribution in [-0.4, -0.2) is 37.5 Å². The van der Waals surface area contributed by atoms with E-state index in [1.807, 2.05) is 42.5 Å². The van der Waals surface area contributed by atoms with E-state index in [2.05, 4.69) is 21.2 Å². The molecule has 0 aliphatic carbocycles. The molecule has 3 aromatic rings. The summed E-state index contributed by atoms with van der Waals surface area (Å²) in [6, 6.07) is 16.5. The van der Waals surface area contributed by atoms with Crippen molar-refractivity contribution in [3.8, 4) is 17.6 Å². The molecule has 28 heavy (non-hydrogen) atoms. The highest BCUT2D eigenvalue weighted by molar-refractivity contribution is 5.94. The molecule has 0 bridgehead atoms. The van der Waals surface area contributed by atoms with E-state index in [0.29, 0.717) is 11.5 Å². The molecule has 0 amide bonds. The van der Waals surface area contributed by atoms with E-state index in [-0.39, 0.29) is 0 Å². The number of rotatable bonds is 4. The SMILES string of the molecule is COc1cc2cnnc(N3CCC(C#N)(c4ccccc4)CC3)c2cc1OC. The Hall–Kier alpha value is -3.33. The van der Waals surface area contributed by atoms with Crippen LogP contribution < -0.4 is 14.4 Å². The first-order valence-electron chi connectivity index (χ1n) is 9.30. The second kappa shape index (κ2) is 7.35. The lowest BCUT2D eigenvalue weighted by Gasteiger charge is -2.38. The van der Waals surface area contributed by atoms with Crippen LogP contribution in [0.15, 0.2) is 48.7 Å². The number of ether oxygens (including phenoxy) is 2. The molecular weight excluding hydrogens is 352 g/mol. The fourth-order valence-electron chi connectivity index (χ4n) is 3.95. The Labute approximate surface area is 164 Å². The van der Waals surface area contributed by atoms with Crippen molar-refractivity contribution < 1.29 is 9.47 Å². The molecule has 6 nitrogen and oxygen atoms in total. The molecule has 1 saturated heterocycles. The summed E-state index contributed by atoms with van der Waals surface area (Å²) in [6.45, 7) is 1.48. The largest absolute Gasteiger partial charge is 0.493 e. The first-order chi connectivity index (χ1) is 13.7. The quantitative estimate of drug-likeness (QED) is 0.693. The van der Waals surface area contributed by atoms with Gasteiger partial charge in [0.1, 0.15) is 0 Å². The number of piperidine rings is 1. The molecule has 1 fully saturated rings. The Balaban J connectivity index is 1.66. The smallest absolute Gasteiger partial charge is 0.161 e. The average Bonchev–Trinajstić information content (AvgIpc) is 2.78. The summed E-state index contributed by atoms with van der Waals surface area (Å²) in [6.07, 6.45) is 3.23. The molecule has 0 saturated carbocycles. The van der Waals surface area contributed by atoms with Crippen LogP contribution in [0.3, 0.4) is 0 Å². The van der Waals surface area contributed by atoms with E-state index >= 15 is 0 Å². The number of hydrogen-bond donors (Lipinski definition) is 0. The third-order valence-corrected chi connectivity index (χ3v) is 5.60. The van der Waals surface area contributed by atoms with Crippen molar-refractivity contribution in [3.05, 3.63) is 54.2 Å². The number of hydrogen-bond acceptors (Lipinski definition) is 6. The van der Waals surface area contributed by atoms with Gasteiger partial charge < -0.3 is 14.4 Å². The summed E-state index contributed by atoms with van der Waals surface area (Å²) in [5.74, 6) is 2.15. The molecule has 1 aliphatic rings. The van der Waals surface area contributed by atoms with Crippen LogP contribution in [0.4, 0.5) is 5.82 Å². The molecule has 0 unspecified atom stereocenters. The van der Waals surface area contributed by atoms with Crippen molar-refractivity contribution in [2.75, 3.05) is 32.2 Å². The first kappa shape index (κ1) is 18.1. The highest BCUT2D eigenvalue weighted by atomic mass is 16.5. The van der Waals surface area contributed by atoms with Crippen LogP contribution in [-0.2, 0) is 5.41 Å². The zero-order valence-corrected chi connectivity index (χ0v) is 16.1. The van der Waals surface area contributed by atoms with Crippen LogP contribution >= 0.6 is 0 Å². The van der Waals surface area contributed by atoms with Crippen LogP contribution in [0.5, 0.6) is 11.5 Å². The van der Waals surface area contributed by atoms with Crippen LogP contribution in [0, 0.1) is 11.3 Å². The fourth-order valence-corrected chi connectivity index (χ4v) is 3.95. The minimum absolute atomic E-state index is 0.448. The second-order valence-electron chi connectivity index (χ2n) is 7.01. The van der Waals surface area contributed by atoms with Crippen molar-refractivity contribution >= 4 is 16.6 Å². The van der Waals surface area contributed by atoms with Gasteiger partial charge in [0.25, 0.3) is 0 Å². The fraction of sp³-hybridized carbons (Fsp3) is 0.318. The Morgan fingerprint density at radius 3 is 2.36 bits per heavy atom. The number of nitriles is 1. The van der Waals surface area contributed by atoms with E-state index < -0.39 is 5.41 Å². The summed E-state index contributed by atoms with van der Waals surface area (Å²) in [4.78, 5) is 2.21. The van der Waals surface area contributed by atoms with Crippen LogP contribution in [0.2, 0.25) is 0 Å². The average molecular weight is 374 g/mol. The monoisotopic (exact) mass is 374 g/mol. The minimum atomic E-state index is -0.448. The lowest BCUT2D eigenvalue weighted by Crippen LogP contribution is -2.42. The van der Waals surface area contributed by atoms with Gasteiger partial charge in [-0.1, -0.05) is 30.3 Å². The molecule has 1 aliphatic heterocycles. The maximum Gasteiger partial charge on any atom is 0.161 e. The zero-order chi connectivity index (χ0) is 19.6. The van der Waals surface area contributed by atoms with Crippen LogP contribution in [0.1, 0.15) is 18.4 Å². The zero-order valence-electron chi connectivity index (χ0n) is 16.1. The molecule has 1 aromatic heterocycles. The summed E-state index contributed by atoms with van der Waals surface area (Å²) >= 11 is 0. The molecule has 0 radical (unpaired) electrons. The van der Waals surface area contributed by atoms with Crippen molar-refractivity contribution in [1.29, 1.82) is 5.26 Å². The predicted octanol–water partition coefficient (Wildman–Crippen LogP) is 3.71. The lowest BCUT2D eigenvalue weighted by molar-refractivity contribution is 0.356. The molecule has 2 heterocycles. The lowest BCUT2D eigenvalue weighted by atomic mass is 9.74. The van der Waals surface area contributed by atoms with Crippen molar-refractivity contribution in [3.63, 3.8) is 0 Å². The third kappa shape index (κ3) is 2.99. The van der Waals surface area contributed by atoms with Crippen molar-refractivity contribution in [2.24, 2.45) is 0 Å². The molecule has 0 atom stereocenters.